The first-order valence-corrected chi connectivity index (χ1v) is 5.48. The molecule has 2 aromatic rings. The minimum atomic E-state index is -0.627. The molecule has 0 aliphatic rings. The third-order valence-corrected chi connectivity index (χ3v) is 2.33. The number of anilines is 1. The van der Waals surface area contributed by atoms with Crippen LogP contribution in [0.4, 0.5) is 5.82 Å². The van der Waals surface area contributed by atoms with Crippen molar-refractivity contribution in [3.8, 4) is 11.4 Å². The molecule has 0 saturated heterocycles. The fourth-order valence-electron chi connectivity index (χ4n) is 1.58. The summed E-state index contributed by atoms with van der Waals surface area (Å²) in [6.07, 6.45) is 1.38. The molecule has 2 rings (SSSR count). The summed E-state index contributed by atoms with van der Waals surface area (Å²) in [5, 5.41) is 2.53. The second-order valence-electron chi connectivity index (χ2n) is 3.89. The van der Waals surface area contributed by atoms with Gasteiger partial charge >= 0.3 is 0 Å². The van der Waals surface area contributed by atoms with Crippen molar-refractivity contribution in [2.24, 2.45) is 5.73 Å². The summed E-state index contributed by atoms with van der Waals surface area (Å²) in [7, 11) is 0. The lowest BCUT2D eigenvalue weighted by Gasteiger charge is -2.06. The maximum atomic E-state index is 11.4. The quantitative estimate of drug-likeness (QED) is 0.858. The Bertz CT molecular complexity index is 648. The third-order valence-electron chi connectivity index (χ3n) is 2.33. The van der Waals surface area contributed by atoms with E-state index in [4.69, 9.17) is 10.2 Å². The number of aryl methyl sites for hydroxylation is 1. The molecular formula is C12H12N4O3. The summed E-state index contributed by atoms with van der Waals surface area (Å²) >= 11 is 0. The molecule has 2 heterocycles. The van der Waals surface area contributed by atoms with E-state index in [1.54, 1.807) is 6.92 Å². The lowest BCUT2D eigenvalue weighted by molar-refractivity contribution is -0.114. The molecule has 0 spiro atoms. The summed E-state index contributed by atoms with van der Waals surface area (Å²) < 4.78 is 5.08. The average Bonchev–Trinajstić information content (AvgIpc) is 2.74. The van der Waals surface area contributed by atoms with E-state index in [2.05, 4.69) is 15.3 Å². The van der Waals surface area contributed by atoms with Gasteiger partial charge in [0.25, 0.3) is 5.91 Å². The van der Waals surface area contributed by atoms with Crippen molar-refractivity contribution < 1.29 is 14.0 Å². The number of hydrogen-bond donors (Lipinski definition) is 2. The van der Waals surface area contributed by atoms with Gasteiger partial charge in [-0.25, -0.2) is 9.97 Å². The van der Waals surface area contributed by atoms with Gasteiger partial charge in [0, 0.05) is 13.8 Å². The van der Waals surface area contributed by atoms with E-state index in [1.807, 2.05) is 0 Å². The van der Waals surface area contributed by atoms with Crippen LogP contribution in [0.25, 0.3) is 11.4 Å². The third kappa shape index (κ3) is 2.76. The SMILES string of the molecule is CC(=O)Nc1ccc(C(N)=O)c(-c2coc(C)n2)n1. The second-order valence-corrected chi connectivity index (χ2v) is 3.89. The molecule has 0 atom stereocenters. The van der Waals surface area contributed by atoms with Gasteiger partial charge in [0.15, 0.2) is 5.89 Å². The Hall–Kier alpha value is -2.70. The van der Waals surface area contributed by atoms with Crippen LogP contribution in [0.2, 0.25) is 0 Å². The second kappa shape index (κ2) is 4.89. The zero-order valence-corrected chi connectivity index (χ0v) is 10.4. The van der Waals surface area contributed by atoms with Gasteiger partial charge in [0.2, 0.25) is 5.91 Å². The maximum absolute atomic E-state index is 11.4. The number of amides is 2. The molecule has 0 aromatic carbocycles. The molecule has 0 aliphatic heterocycles. The summed E-state index contributed by atoms with van der Waals surface area (Å²) in [6.45, 7) is 3.04. The molecule has 0 radical (unpaired) electrons. The zero-order valence-electron chi connectivity index (χ0n) is 10.4. The van der Waals surface area contributed by atoms with Crippen molar-refractivity contribution in [2.75, 3.05) is 5.32 Å². The highest BCUT2D eigenvalue weighted by Gasteiger charge is 2.16. The van der Waals surface area contributed by atoms with Gasteiger partial charge in [-0.2, -0.15) is 0 Å². The highest BCUT2D eigenvalue weighted by Crippen LogP contribution is 2.22. The van der Waals surface area contributed by atoms with Gasteiger partial charge in [0.05, 0.1) is 5.56 Å². The molecule has 98 valence electrons. The number of carbonyl (C=O) groups is 2. The largest absolute Gasteiger partial charge is 0.449 e. The summed E-state index contributed by atoms with van der Waals surface area (Å²) in [4.78, 5) is 30.6. The maximum Gasteiger partial charge on any atom is 0.250 e. The van der Waals surface area contributed by atoms with Gasteiger partial charge in [-0.15, -0.1) is 0 Å². The van der Waals surface area contributed by atoms with E-state index in [9.17, 15) is 9.59 Å². The Morgan fingerprint density at radius 3 is 2.58 bits per heavy atom. The van der Waals surface area contributed by atoms with Crippen molar-refractivity contribution in [2.45, 2.75) is 13.8 Å². The molecule has 0 unspecified atom stereocenters. The Balaban J connectivity index is 2.53. The van der Waals surface area contributed by atoms with Crippen LogP contribution in [0, 0.1) is 6.92 Å². The van der Waals surface area contributed by atoms with Crippen LogP contribution in [0.15, 0.2) is 22.8 Å². The van der Waals surface area contributed by atoms with Crippen LogP contribution >= 0.6 is 0 Å². The fraction of sp³-hybridized carbons (Fsp3) is 0.167. The van der Waals surface area contributed by atoms with E-state index in [1.165, 1.54) is 25.3 Å². The lowest BCUT2D eigenvalue weighted by Crippen LogP contribution is -2.15. The molecule has 0 bridgehead atoms. The van der Waals surface area contributed by atoms with E-state index < -0.39 is 5.91 Å². The molecule has 2 amide bonds. The number of nitrogens with two attached hydrogens (primary N) is 1. The molecule has 7 nitrogen and oxygen atoms in total. The Labute approximate surface area is 108 Å². The van der Waals surface area contributed by atoms with Gasteiger partial charge < -0.3 is 15.5 Å². The van der Waals surface area contributed by atoms with Gasteiger partial charge in [0.1, 0.15) is 23.5 Å². The first kappa shape index (κ1) is 12.7. The molecule has 0 saturated carbocycles. The first-order valence-electron chi connectivity index (χ1n) is 5.48. The number of nitrogens with one attached hydrogen (secondary N) is 1. The summed E-state index contributed by atoms with van der Waals surface area (Å²) in [5.41, 5.74) is 6.16. The zero-order chi connectivity index (χ0) is 14.0. The smallest absolute Gasteiger partial charge is 0.250 e. The topological polar surface area (TPSA) is 111 Å². The number of primary amides is 1. The van der Waals surface area contributed by atoms with Crippen molar-refractivity contribution in [3.05, 3.63) is 29.9 Å². The number of hydrogen-bond acceptors (Lipinski definition) is 5. The molecular weight excluding hydrogens is 248 g/mol. The summed E-state index contributed by atoms with van der Waals surface area (Å²) in [6, 6.07) is 2.98. The van der Waals surface area contributed by atoms with Gasteiger partial charge in [-0.05, 0) is 12.1 Å². The van der Waals surface area contributed by atoms with Crippen LogP contribution in [0.3, 0.4) is 0 Å². The van der Waals surface area contributed by atoms with Crippen LogP contribution in [0.1, 0.15) is 23.2 Å². The Morgan fingerprint density at radius 1 is 1.32 bits per heavy atom. The molecule has 3 N–H and O–H groups in total. The molecule has 19 heavy (non-hydrogen) atoms. The van der Waals surface area contributed by atoms with E-state index in [0.29, 0.717) is 17.4 Å². The highest BCUT2D eigenvalue weighted by molar-refractivity contribution is 5.99. The van der Waals surface area contributed by atoms with E-state index >= 15 is 0 Å². The number of rotatable bonds is 3. The predicted molar refractivity (Wildman–Crippen MR) is 67.3 cm³/mol. The van der Waals surface area contributed by atoms with Crippen molar-refractivity contribution >= 4 is 17.6 Å². The first-order chi connectivity index (χ1) is 8.97. The van der Waals surface area contributed by atoms with Crippen LogP contribution in [0.5, 0.6) is 0 Å². The van der Waals surface area contributed by atoms with Crippen LogP contribution < -0.4 is 11.1 Å². The number of aromatic nitrogens is 2. The molecule has 0 fully saturated rings. The molecule has 2 aromatic heterocycles. The lowest BCUT2D eigenvalue weighted by atomic mass is 10.1. The normalized spacial score (nSPS) is 10.2. The van der Waals surface area contributed by atoms with E-state index in [0.717, 1.165) is 0 Å². The Morgan fingerprint density at radius 2 is 2.05 bits per heavy atom. The minimum Gasteiger partial charge on any atom is -0.449 e. The van der Waals surface area contributed by atoms with Crippen molar-refractivity contribution in [1.29, 1.82) is 0 Å². The number of pyridine rings is 1. The molecule has 0 aliphatic carbocycles. The predicted octanol–water partition coefficient (Wildman–Crippen LogP) is 1.10. The van der Waals surface area contributed by atoms with Crippen molar-refractivity contribution in [1.82, 2.24) is 9.97 Å². The average molecular weight is 260 g/mol. The number of carbonyl (C=O) groups excluding carboxylic acids is 2. The van der Waals surface area contributed by atoms with Crippen molar-refractivity contribution in [3.63, 3.8) is 0 Å². The van der Waals surface area contributed by atoms with E-state index in [-0.39, 0.29) is 17.2 Å². The number of nitrogens with zero attached hydrogens (tertiary/aromatic N) is 2. The number of oxazole rings is 1. The minimum absolute atomic E-state index is 0.211. The molecule has 7 heteroatoms. The highest BCUT2D eigenvalue weighted by atomic mass is 16.3. The fourth-order valence-corrected chi connectivity index (χ4v) is 1.58. The van der Waals surface area contributed by atoms with Gasteiger partial charge in [-0.3, -0.25) is 9.59 Å². The monoisotopic (exact) mass is 260 g/mol. The standard InChI is InChI=1S/C12H12N4O3/c1-6(17)14-10-4-3-8(12(13)18)11(16-10)9-5-19-7(2)15-9/h3-5H,1-2H3,(H2,13,18)(H,14,16,17). The summed E-state index contributed by atoms with van der Waals surface area (Å²) in [5.74, 6) is -0.135. The van der Waals surface area contributed by atoms with Crippen LogP contribution in [-0.4, -0.2) is 21.8 Å². The Kier molecular flexibility index (Phi) is 3.28. The van der Waals surface area contributed by atoms with Crippen LogP contribution in [-0.2, 0) is 4.79 Å². The van der Waals surface area contributed by atoms with Gasteiger partial charge in [-0.1, -0.05) is 0 Å².